The molecule has 0 saturated heterocycles. The van der Waals surface area contributed by atoms with E-state index in [0.717, 1.165) is 0 Å². The number of carboxylic acids is 1. The number of aromatic carboxylic acids is 1. The van der Waals surface area contributed by atoms with E-state index in [9.17, 15) is 14.0 Å². The Morgan fingerprint density at radius 2 is 1.81 bits per heavy atom. The fourth-order valence-electron chi connectivity index (χ4n) is 2.06. The molecule has 5 nitrogen and oxygen atoms in total. The van der Waals surface area contributed by atoms with E-state index < -0.39 is 17.3 Å². The van der Waals surface area contributed by atoms with Crippen LogP contribution in [0.15, 0.2) is 41.2 Å². The Hall–Kier alpha value is -2.47. The van der Waals surface area contributed by atoms with Crippen LogP contribution in [0.3, 0.4) is 0 Å². The van der Waals surface area contributed by atoms with Crippen LogP contribution < -0.4 is 5.56 Å². The Balaban J connectivity index is 2.59. The fraction of sp³-hybridized carbons (Fsp3) is 0.200. The lowest BCUT2D eigenvalue weighted by Gasteiger charge is -2.13. The molecule has 21 heavy (non-hydrogen) atoms. The third-order valence-corrected chi connectivity index (χ3v) is 3.08. The van der Waals surface area contributed by atoms with Gasteiger partial charge in [0, 0.05) is 13.2 Å². The number of pyridine rings is 1. The highest BCUT2D eigenvalue weighted by atomic mass is 19.1. The zero-order valence-electron chi connectivity index (χ0n) is 11.1. The summed E-state index contributed by atoms with van der Waals surface area (Å²) in [5, 5.41) is 17.9. The van der Waals surface area contributed by atoms with E-state index in [4.69, 9.17) is 10.2 Å². The third kappa shape index (κ3) is 3.17. The van der Waals surface area contributed by atoms with Crippen molar-refractivity contribution in [2.75, 3.05) is 6.61 Å². The predicted molar refractivity (Wildman–Crippen MR) is 74.8 cm³/mol. The summed E-state index contributed by atoms with van der Waals surface area (Å²) in [5.41, 5.74) is 0.110. The van der Waals surface area contributed by atoms with Gasteiger partial charge in [-0.25, -0.2) is 9.18 Å². The molecule has 6 heteroatoms. The average Bonchev–Trinajstić information content (AvgIpc) is 2.46. The molecule has 2 N–H and O–H groups in total. The van der Waals surface area contributed by atoms with Crippen LogP contribution in [-0.4, -0.2) is 27.4 Å². The SMILES string of the molecule is O=C(O)c1ccc(-c2ccc(F)cc2)n(CCCO)c1=O. The van der Waals surface area contributed by atoms with E-state index in [2.05, 4.69) is 0 Å². The summed E-state index contributed by atoms with van der Waals surface area (Å²) in [6.45, 7) is 0.0652. The van der Waals surface area contributed by atoms with Gasteiger partial charge in [-0.05, 0) is 48.4 Å². The molecular formula is C15H14FNO4. The van der Waals surface area contributed by atoms with Crippen LogP contribution in [0.5, 0.6) is 0 Å². The molecule has 0 radical (unpaired) electrons. The van der Waals surface area contributed by atoms with Gasteiger partial charge >= 0.3 is 5.97 Å². The van der Waals surface area contributed by atoms with Gasteiger partial charge in [0.25, 0.3) is 5.56 Å². The van der Waals surface area contributed by atoms with Crippen LogP contribution in [0, 0.1) is 5.82 Å². The van der Waals surface area contributed by atoms with Gasteiger partial charge in [-0.3, -0.25) is 4.79 Å². The number of aliphatic hydroxyl groups excluding tert-OH is 1. The van der Waals surface area contributed by atoms with Gasteiger partial charge in [0.15, 0.2) is 0 Å². The zero-order chi connectivity index (χ0) is 15.4. The van der Waals surface area contributed by atoms with Gasteiger partial charge in [-0.1, -0.05) is 0 Å². The molecule has 1 heterocycles. The van der Waals surface area contributed by atoms with Crippen LogP contribution in [0.4, 0.5) is 4.39 Å². The lowest BCUT2D eigenvalue weighted by molar-refractivity contribution is 0.0694. The monoisotopic (exact) mass is 291 g/mol. The van der Waals surface area contributed by atoms with Crippen molar-refractivity contribution in [3.63, 3.8) is 0 Å². The molecular weight excluding hydrogens is 277 g/mol. The van der Waals surface area contributed by atoms with Gasteiger partial charge < -0.3 is 14.8 Å². The van der Waals surface area contributed by atoms with Crippen LogP contribution in [-0.2, 0) is 6.54 Å². The lowest BCUT2D eigenvalue weighted by atomic mass is 10.1. The smallest absolute Gasteiger partial charge is 0.341 e. The summed E-state index contributed by atoms with van der Waals surface area (Å²) in [5.74, 6) is -1.70. The normalized spacial score (nSPS) is 10.6. The highest BCUT2D eigenvalue weighted by Crippen LogP contribution is 2.19. The van der Waals surface area contributed by atoms with E-state index >= 15 is 0 Å². The number of halogens is 1. The Morgan fingerprint density at radius 1 is 1.14 bits per heavy atom. The van der Waals surface area contributed by atoms with Crippen molar-refractivity contribution in [2.24, 2.45) is 0 Å². The summed E-state index contributed by atoms with van der Waals surface area (Å²) in [7, 11) is 0. The van der Waals surface area contributed by atoms with E-state index in [-0.39, 0.29) is 18.7 Å². The van der Waals surface area contributed by atoms with Crippen molar-refractivity contribution >= 4 is 5.97 Å². The Kier molecular flexibility index (Phi) is 4.49. The number of hydrogen-bond donors (Lipinski definition) is 2. The highest BCUT2D eigenvalue weighted by Gasteiger charge is 2.14. The maximum absolute atomic E-state index is 13.0. The number of rotatable bonds is 5. The lowest BCUT2D eigenvalue weighted by Crippen LogP contribution is -2.27. The maximum Gasteiger partial charge on any atom is 0.341 e. The molecule has 0 bridgehead atoms. The first-order chi connectivity index (χ1) is 10.0. The quantitative estimate of drug-likeness (QED) is 0.879. The molecule has 0 saturated carbocycles. The van der Waals surface area contributed by atoms with Crippen molar-refractivity contribution in [1.82, 2.24) is 4.57 Å². The zero-order valence-corrected chi connectivity index (χ0v) is 11.1. The molecule has 2 aromatic rings. The molecule has 0 unspecified atom stereocenters. The van der Waals surface area contributed by atoms with Crippen LogP contribution in [0.25, 0.3) is 11.3 Å². The van der Waals surface area contributed by atoms with Crippen LogP contribution in [0.1, 0.15) is 16.8 Å². The molecule has 0 spiro atoms. The Labute approximate surface area is 119 Å². The minimum atomic E-state index is -1.30. The standard InChI is InChI=1S/C15H14FNO4/c16-11-4-2-10(3-5-11)13-7-6-12(15(20)21)14(19)17(13)8-1-9-18/h2-7,18H,1,8-9H2,(H,20,21). The second-order valence-corrected chi connectivity index (χ2v) is 4.48. The van der Waals surface area contributed by atoms with Crippen LogP contribution in [0.2, 0.25) is 0 Å². The first-order valence-electron chi connectivity index (χ1n) is 6.38. The molecule has 0 amide bonds. The Morgan fingerprint density at radius 3 is 2.38 bits per heavy atom. The summed E-state index contributed by atoms with van der Waals surface area (Å²) in [6.07, 6.45) is 0.317. The van der Waals surface area contributed by atoms with Gasteiger partial charge in [-0.15, -0.1) is 0 Å². The number of aliphatic hydroxyl groups is 1. The average molecular weight is 291 g/mol. The van der Waals surface area contributed by atoms with E-state index in [1.54, 1.807) is 0 Å². The first-order valence-corrected chi connectivity index (χ1v) is 6.38. The second kappa shape index (κ2) is 6.32. The van der Waals surface area contributed by atoms with E-state index in [0.29, 0.717) is 17.7 Å². The minimum absolute atomic E-state index is 0.118. The molecule has 110 valence electrons. The molecule has 0 aliphatic rings. The van der Waals surface area contributed by atoms with Crippen molar-refractivity contribution in [3.8, 4) is 11.3 Å². The first kappa shape index (κ1) is 14.9. The maximum atomic E-state index is 13.0. The molecule has 0 atom stereocenters. The summed E-state index contributed by atoms with van der Waals surface area (Å²) in [6, 6.07) is 8.30. The summed E-state index contributed by atoms with van der Waals surface area (Å²) >= 11 is 0. The van der Waals surface area contributed by atoms with Gasteiger partial charge in [0.1, 0.15) is 11.4 Å². The van der Waals surface area contributed by atoms with Gasteiger partial charge in [0.2, 0.25) is 0 Å². The predicted octanol–water partition coefficient (Wildman–Crippen LogP) is 1.73. The number of carboxylic acid groups (broad SMARTS) is 1. The molecule has 2 rings (SSSR count). The largest absolute Gasteiger partial charge is 0.477 e. The van der Waals surface area contributed by atoms with Gasteiger partial charge in [0.05, 0.1) is 5.69 Å². The molecule has 1 aromatic heterocycles. The molecule has 1 aromatic carbocycles. The molecule has 0 aliphatic heterocycles. The number of carbonyl (C=O) groups is 1. The highest BCUT2D eigenvalue weighted by molar-refractivity contribution is 5.87. The molecule has 0 aliphatic carbocycles. The van der Waals surface area contributed by atoms with Crippen molar-refractivity contribution in [2.45, 2.75) is 13.0 Å². The van der Waals surface area contributed by atoms with Crippen molar-refractivity contribution < 1.29 is 19.4 Å². The molecule has 0 fully saturated rings. The van der Waals surface area contributed by atoms with E-state index in [1.165, 1.54) is 41.0 Å². The number of benzene rings is 1. The topological polar surface area (TPSA) is 79.5 Å². The number of nitrogens with zero attached hydrogens (tertiary/aromatic N) is 1. The minimum Gasteiger partial charge on any atom is -0.477 e. The summed E-state index contributed by atoms with van der Waals surface area (Å²) in [4.78, 5) is 23.2. The third-order valence-electron chi connectivity index (χ3n) is 3.08. The van der Waals surface area contributed by atoms with Gasteiger partial charge in [-0.2, -0.15) is 0 Å². The second-order valence-electron chi connectivity index (χ2n) is 4.48. The Bertz CT molecular complexity index is 707. The number of aromatic nitrogens is 1. The van der Waals surface area contributed by atoms with Crippen molar-refractivity contribution in [3.05, 3.63) is 58.1 Å². The fourth-order valence-corrected chi connectivity index (χ4v) is 2.06. The van der Waals surface area contributed by atoms with E-state index in [1.807, 2.05) is 0 Å². The summed E-state index contributed by atoms with van der Waals surface area (Å²) < 4.78 is 14.3. The van der Waals surface area contributed by atoms with Crippen LogP contribution >= 0.6 is 0 Å². The number of hydrogen-bond acceptors (Lipinski definition) is 3. The van der Waals surface area contributed by atoms with Crippen molar-refractivity contribution in [1.29, 1.82) is 0 Å².